The maximum absolute atomic E-state index is 11.9. The van der Waals surface area contributed by atoms with E-state index in [0.717, 1.165) is 0 Å². The van der Waals surface area contributed by atoms with E-state index < -0.39 is 12.1 Å². The zero-order valence-corrected chi connectivity index (χ0v) is 15.3. The number of amides is 1. The number of carbonyl (C=O) groups excluding carboxylic acids is 2. The standard InChI is InChI=1S/C20H30N2O4/c23-18(15-26-20(25)17-9-5-2-6-10-17)14-21-11-12-22-19(24)13-16-7-3-1-4-8-16/h2,5-6,9-10,16,18,21,23H,1,3-4,7-8,11-15H2,(H,22,24). The first kappa shape index (κ1) is 20.4. The van der Waals surface area contributed by atoms with Crippen molar-refractivity contribution in [2.24, 2.45) is 5.92 Å². The Morgan fingerprint density at radius 1 is 1.12 bits per heavy atom. The molecule has 1 aromatic carbocycles. The second kappa shape index (κ2) is 11.6. The highest BCUT2D eigenvalue weighted by atomic mass is 16.5. The molecule has 0 radical (unpaired) electrons. The van der Waals surface area contributed by atoms with Gasteiger partial charge in [-0.05, 0) is 30.9 Å². The molecule has 0 bridgehead atoms. The molecular formula is C20H30N2O4. The molecule has 2 rings (SSSR count). The first-order valence-corrected chi connectivity index (χ1v) is 9.53. The summed E-state index contributed by atoms with van der Waals surface area (Å²) in [5.41, 5.74) is 0.466. The smallest absolute Gasteiger partial charge is 0.338 e. The molecule has 0 aromatic heterocycles. The molecule has 144 valence electrons. The number of aliphatic hydroxyl groups excluding tert-OH is 1. The molecule has 3 N–H and O–H groups in total. The van der Waals surface area contributed by atoms with Crippen molar-refractivity contribution >= 4 is 11.9 Å². The number of rotatable bonds is 10. The van der Waals surface area contributed by atoms with Crippen LogP contribution in [0, 0.1) is 5.92 Å². The average Bonchev–Trinajstić information content (AvgIpc) is 2.67. The third-order valence-corrected chi connectivity index (χ3v) is 4.62. The van der Waals surface area contributed by atoms with Crippen molar-refractivity contribution in [3.63, 3.8) is 0 Å². The van der Waals surface area contributed by atoms with Crippen LogP contribution in [-0.2, 0) is 9.53 Å². The van der Waals surface area contributed by atoms with Crippen LogP contribution in [0.5, 0.6) is 0 Å². The van der Waals surface area contributed by atoms with Crippen LogP contribution in [0.25, 0.3) is 0 Å². The van der Waals surface area contributed by atoms with Gasteiger partial charge in [0.05, 0.1) is 5.56 Å². The summed E-state index contributed by atoms with van der Waals surface area (Å²) in [6.45, 7) is 1.34. The van der Waals surface area contributed by atoms with Crippen molar-refractivity contribution in [3.05, 3.63) is 35.9 Å². The summed E-state index contributed by atoms with van der Waals surface area (Å²) in [7, 11) is 0. The lowest BCUT2D eigenvalue weighted by Crippen LogP contribution is -2.37. The first-order chi connectivity index (χ1) is 12.6. The van der Waals surface area contributed by atoms with Gasteiger partial charge in [0.15, 0.2) is 0 Å². The summed E-state index contributed by atoms with van der Waals surface area (Å²) < 4.78 is 5.07. The fraction of sp³-hybridized carbons (Fsp3) is 0.600. The van der Waals surface area contributed by atoms with Crippen molar-refractivity contribution in [1.82, 2.24) is 10.6 Å². The third-order valence-electron chi connectivity index (χ3n) is 4.62. The average molecular weight is 362 g/mol. The van der Waals surface area contributed by atoms with Gasteiger partial charge in [-0.15, -0.1) is 0 Å². The van der Waals surface area contributed by atoms with Crippen molar-refractivity contribution in [3.8, 4) is 0 Å². The lowest BCUT2D eigenvalue weighted by atomic mass is 9.87. The van der Waals surface area contributed by atoms with E-state index >= 15 is 0 Å². The van der Waals surface area contributed by atoms with Crippen molar-refractivity contribution in [1.29, 1.82) is 0 Å². The summed E-state index contributed by atoms with van der Waals surface area (Å²) in [6.07, 6.45) is 5.96. The van der Waals surface area contributed by atoms with Crippen molar-refractivity contribution in [2.45, 2.75) is 44.6 Å². The summed E-state index contributed by atoms with van der Waals surface area (Å²) in [6, 6.07) is 8.68. The predicted molar refractivity (Wildman–Crippen MR) is 99.8 cm³/mol. The molecule has 0 spiro atoms. The number of nitrogens with one attached hydrogen (secondary N) is 2. The Kier molecular flexibility index (Phi) is 9.14. The highest BCUT2D eigenvalue weighted by Crippen LogP contribution is 2.25. The number of benzene rings is 1. The minimum atomic E-state index is -0.777. The molecule has 1 atom stereocenters. The Morgan fingerprint density at radius 2 is 1.85 bits per heavy atom. The third kappa shape index (κ3) is 7.97. The minimum absolute atomic E-state index is 0.0607. The fourth-order valence-electron chi connectivity index (χ4n) is 3.17. The lowest BCUT2D eigenvalue weighted by Gasteiger charge is -2.20. The van der Waals surface area contributed by atoms with E-state index in [1.807, 2.05) is 6.07 Å². The van der Waals surface area contributed by atoms with E-state index in [0.29, 0.717) is 37.5 Å². The van der Waals surface area contributed by atoms with E-state index in [9.17, 15) is 14.7 Å². The molecular weight excluding hydrogens is 332 g/mol. The molecule has 1 aromatic rings. The van der Waals surface area contributed by atoms with Crippen LogP contribution < -0.4 is 10.6 Å². The predicted octanol–water partition coefficient (Wildman–Crippen LogP) is 1.88. The zero-order chi connectivity index (χ0) is 18.6. The highest BCUT2D eigenvalue weighted by Gasteiger charge is 2.16. The van der Waals surface area contributed by atoms with E-state index in [1.54, 1.807) is 24.3 Å². The number of aliphatic hydroxyl groups is 1. The van der Waals surface area contributed by atoms with Crippen LogP contribution in [0.4, 0.5) is 0 Å². The van der Waals surface area contributed by atoms with Gasteiger partial charge in [-0.25, -0.2) is 4.79 Å². The number of ether oxygens (including phenoxy) is 1. The Balaban J connectivity index is 1.48. The normalized spacial score (nSPS) is 16.0. The molecule has 1 amide bonds. The van der Waals surface area contributed by atoms with Crippen LogP contribution >= 0.6 is 0 Å². The van der Waals surface area contributed by atoms with Crippen LogP contribution in [0.2, 0.25) is 0 Å². The van der Waals surface area contributed by atoms with Gasteiger partial charge in [-0.1, -0.05) is 37.5 Å². The van der Waals surface area contributed by atoms with Crippen molar-refractivity contribution in [2.75, 3.05) is 26.2 Å². The van der Waals surface area contributed by atoms with Gasteiger partial charge in [0.1, 0.15) is 12.7 Å². The molecule has 0 heterocycles. The second-order valence-electron chi connectivity index (χ2n) is 6.88. The molecule has 6 heteroatoms. The Bertz CT molecular complexity index is 544. The Hall–Kier alpha value is -1.92. The van der Waals surface area contributed by atoms with Gasteiger partial charge in [-0.3, -0.25) is 4.79 Å². The minimum Gasteiger partial charge on any atom is -0.459 e. The summed E-state index contributed by atoms with van der Waals surface area (Å²) in [5.74, 6) is 0.202. The van der Waals surface area contributed by atoms with Gasteiger partial charge in [0.25, 0.3) is 0 Å². The summed E-state index contributed by atoms with van der Waals surface area (Å²) >= 11 is 0. The number of hydrogen-bond acceptors (Lipinski definition) is 5. The van der Waals surface area contributed by atoms with E-state index in [-0.39, 0.29) is 12.5 Å². The quantitative estimate of drug-likeness (QED) is 0.437. The van der Waals surface area contributed by atoms with Gasteiger partial charge in [0, 0.05) is 26.1 Å². The highest BCUT2D eigenvalue weighted by molar-refractivity contribution is 5.89. The van der Waals surface area contributed by atoms with Crippen LogP contribution in [0.3, 0.4) is 0 Å². The molecule has 1 aliphatic rings. The molecule has 1 aliphatic carbocycles. The van der Waals surface area contributed by atoms with Gasteiger partial charge in [-0.2, -0.15) is 0 Å². The SMILES string of the molecule is O=C(CC1CCCCC1)NCCNCC(O)COC(=O)c1ccccc1. The second-order valence-corrected chi connectivity index (χ2v) is 6.88. The number of hydrogen-bond donors (Lipinski definition) is 3. The number of carbonyl (C=O) groups is 2. The molecule has 0 saturated heterocycles. The first-order valence-electron chi connectivity index (χ1n) is 9.53. The molecule has 1 saturated carbocycles. The monoisotopic (exact) mass is 362 g/mol. The molecule has 1 fully saturated rings. The van der Waals surface area contributed by atoms with Crippen LogP contribution in [0.15, 0.2) is 30.3 Å². The van der Waals surface area contributed by atoms with Crippen molar-refractivity contribution < 1.29 is 19.4 Å². The number of esters is 1. The lowest BCUT2D eigenvalue weighted by molar-refractivity contribution is -0.122. The molecule has 0 aliphatic heterocycles. The van der Waals surface area contributed by atoms with Gasteiger partial charge >= 0.3 is 5.97 Å². The summed E-state index contributed by atoms with van der Waals surface area (Å²) in [4.78, 5) is 23.6. The Labute approximate surface area is 155 Å². The van der Waals surface area contributed by atoms with Crippen LogP contribution in [0.1, 0.15) is 48.9 Å². The van der Waals surface area contributed by atoms with Gasteiger partial charge in [0.2, 0.25) is 5.91 Å². The fourth-order valence-corrected chi connectivity index (χ4v) is 3.17. The Morgan fingerprint density at radius 3 is 2.58 bits per heavy atom. The van der Waals surface area contributed by atoms with E-state index in [4.69, 9.17) is 4.74 Å². The van der Waals surface area contributed by atoms with Gasteiger partial charge < -0.3 is 20.5 Å². The topological polar surface area (TPSA) is 87.7 Å². The summed E-state index contributed by atoms with van der Waals surface area (Å²) in [5, 5.41) is 15.8. The largest absolute Gasteiger partial charge is 0.459 e. The zero-order valence-electron chi connectivity index (χ0n) is 15.3. The van der Waals surface area contributed by atoms with E-state index in [1.165, 1.54) is 32.1 Å². The van der Waals surface area contributed by atoms with E-state index in [2.05, 4.69) is 10.6 Å². The van der Waals surface area contributed by atoms with Crippen LogP contribution in [-0.4, -0.2) is 49.3 Å². The maximum atomic E-state index is 11.9. The maximum Gasteiger partial charge on any atom is 0.338 e. The molecule has 6 nitrogen and oxygen atoms in total. The molecule has 1 unspecified atom stereocenters. The molecule has 26 heavy (non-hydrogen) atoms.